The molecule has 0 radical (unpaired) electrons. The molecule has 0 heterocycles. The third-order valence-corrected chi connectivity index (χ3v) is 4.28. The van der Waals surface area contributed by atoms with Gasteiger partial charge in [-0.2, -0.15) is 23.5 Å². The third kappa shape index (κ3) is 14.6. The van der Waals surface area contributed by atoms with Crippen molar-refractivity contribution in [3.8, 4) is 0 Å². The molecule has 0 aromatic carbocycles. The van der Waals surface area contributed by atoms with Crippen molar-refractivity contribution < 1.29 is 10.2 Å². The van der Waals surface area contributed by atoms with Gasteiger partial charge >= 0.3 is 0 Å². The molecule has 15 heavy (non-hydrogen) atoms. The highest BCUT2D eigenvalue weighted by Gasteiger charge is 1.92. The summed E-state index contributed by atoms with van der Waals surface area (Å²) in [6, 6.07) is 0. The van der Waals surface area contributed by atoms with Crippen molar-refractivity contribution in [1.82, 2.24) is 0 Å². The van der Waals surface area contributed by atoms with Gasteiger partial charge in [0.2, 0.25) is 0 Å². The summed E-state index contributed by atoms with van der Waals surface area (Å²) in [6.07, 6.45) is 5.79. The molecule has 0 saturated heterocycles. The molecule has 0 unspecified atom stereocenters. The smallest absolute Gasteiger partial charge is 0.0438 e. The van der Waals surface area contributed by atoms with Crippen molar-refractivity contribution in [2.75, 3.05) is 36.2 Å². The Morgan fingerprint density at radius 2 is 0.933 bits per heavy atom. The van der Waals surface area contributed by atoms with Gasteiger partial charge in [-0.3, -0.25) is 0 Å². The van der Waals surface area contributed by atoms with Crippen molar-refractivity contribution in [3.63, 3.8) is 0 Å². The molecule has 0 amide bonds. The van der Waals surface area contributed by atoms with Crippen LogP contribution in [0.1, 0.15) is 32.1 Å². The van der Waals surface area contributed by atoms with Crippen molar-refractivity contribution in [2.24, 2.45) is 0 Å². The van der Waals surface area contributed by atoms with Gasteiger partial charge in [0.1, 0.15) is 0 Å². The van der Waals surface area contributed by atoms with Gasteiger partial charge in [0.15, 0.2) is 0 Å². The van der Waals surface area contributed by atoms with E-state index < -0.39 is 0 Å². The Bertz CT molecular complexity index is 101. The van der Waals surface area contributed by atoms with Crippen LogP contribution in [0.15, 0.2) is 0 Å². The molecule has 4 heteroatoms. The van der Waals surface area contributed by atoms with Gasteiger partial charge in [-0.15, -0.1) is 0 Å². The van der Waals surface area contributed by atoms with E-state index >= 15 is 0 Å². The van der Waals surface area contributed by atoms with Crippen LogP contribution in [-0.4, -0.2) is 46.4 Å². The SMILES string of the molecule is OCCCSCCCCCSCCCO. The minimum Gasteiger partial charge on any atom is -0.396 e. The molecule has 0 aromatic rings. The van der Waals surface area contributed by atoms with E-state index in [1.54, 1.807) is 0 Å². The second-order valence-corrected chi connectivity index (χ2v) is 5.89. The number of aliphatic hydroxyl groups excluding tert-OH is 2. The molecule has 2 N–H and O–H groups in total. The highest BCUT2D eigenvalue weighted by Crippen LogP contribution is 2.10. The minimum atomic E-state index is 0.328. The van der Waals surface area contributed by atoms with E-state index in [0.717, 1.165) is 24.3 Å². The van der Waals surface area contributed by atoms with Crippen LogP contribution in [0.2, 0.25) is 0 Å². The topological polar surface area (TPSA) is 40.5 Å². The second kappa shape index (κ2) is 14.6. The molecule has 0 bridgehead atoms. The Morgan fingerprint density at radius 1 is 0.533 bits per heavy atom. The lowest BCUT2D eigenvalue weighted by atomic mass is 10.3. The van der Waals surface area contributed by atoms with E-state index in [1.165, 1.54) is 30.8 Å². The molecule has 0 spiro atoms. The fraction of sp³-hybridized carbons (Fsp3) is 1.00. The van der Waals surface area contributed by atoms with Crippen LogP contribution in [0.25, 0.3) is 0 Å². The first-order valence-corrected chi connectivity index (χ1v) is 8.10. The van der Waals surface area contributed by atoms with E-state index in [9.17, 15) is 0 Å². The molecule has 0 aromatic heterocycles. The quantitative estimate of drug-likeness (QED) is 0.523. The lowest BCUT2D eigenvalue weighted by Gasteiger charge is -2.01. The maximum atomic E-state index is 8.58. The predicted molar refractivity (Wildman–Crippen MR) is 71.9 cm³/mol. The maximum absolute atomic E-state index is 8.58. The van der Waals surface area contributed by atoms with Crippen LogP contribution >= 0.6 is 23.5 Å². The van der Waals surface area contributed by atoms with Crippen LogP contribution in [0.3, 0.4) is 0 Å². The van der Waals surface area contributed by atoms with Crippen molar-refractivity contribution in [3.05, 3.63) is 0 Å². The Kier molecular flexibility index (Phi) is 15.2. The van der Waals surface area contributed by atoms with Gasteiger partial charge in [0.25, 0.3) is 0 Å². The van der Waals surface area contributed by atoms with Gasteiger partial charge < -0.3 is 10.2 Å². The van der Waals surface area contributed by atoms with E-state index in [1.807, 2.05) is 23.5 Å². The molecule has 92 valence electrons. The second-order valence-electron chi connectivity index (χ2n) is 3.44. The normalized spacial score (nSPS) is 10.8. The lowest BCUT2D eigenvalue weighted by molar-refractivity contribution is 0.296. The highest BCUT2D eigenvalue weighted by atomic mass is 32.2. The zero-order chi connectivity index (χ0) is 11.2. The summed E-state index contributed by atoms with van der Waals surface area (Å²) in [7, 11) is 0. The summed E-state index contributed by atoms with van der Waals surface area (Å²) in [5.41, 5.74) is 0. The molecular formula is C11H24O2S2. The molecule has 0 aliphatic carbocycles. The number of hydrogen-bond acceptors (Lipinski definition) is 4. The van der Waals surface area contributed by atoms with Crippen molar-refractivity contribution in [1.29, 1.82) is 0 Å². The number of aliphatic hydroxyl groups is 2. The first-order valence-electron chi connectivity index (χ1n) is 5.79. The molecule has 0 aliphatic heterocycles. The van der Waals surface area contributed by atoms with Crippen molar-refractivity contribution >= 4 is 23.5 Å². The number of thioether (sulfide) groups is 2. The highest BCUT2D eigenvalue weighted by molar-refractivity contribution is 7.99. The molecule has 0 saturated carbocycles. The standard InChI is InChI=1S/C11H24O2S2/c12-6-4-10-14-8-2-1-3-9-15-11-5-7-13/h12-13H,1-11H2. The van der Waals surface area contributed by atoms with E-state index in [0.29, 0.717) is 13.2 Å². The largest absolute Gasteiger partial charge is 0.396 e. The monoisotopic (exact) mass is 252 g/mol. The summed E-state index contributed by atoms with van der Waals surface area (Å²) in [4.78, 5) is 0. The number of unbranched alkanes of at least 4 members (excludes halogenated alkanes) is 2. The van der Waals surface area contributed by atoms with Gasteiger partial charge in [0, 0.05) is 13.2 Å². The van der Waals surface area contributed by atoms with Gasteiger partial charge in [-0.05, 0) is 48.7 Å². The Morgan fingerprint density at radius 3 is 1.33 bits per heavy atom. The fourth-order valence-corrected chi connectivity index (χ4v) is 3.01. The Balaban J connectivity index is 2.81. The first kappa shape index (κ1) is 15.6. The Labute approximate surface area is 102 Å². The molecule has 0 fully saturated rings. The molecule has 0 atom stereocenters. The van der Waals surface area contributed by atoms with Gasteiger partial charge in [0.05, 0.1) is 0 Å². The van der Waals surface area contributed by atoms with Crippen LogP contribution in [0, 0.1) is 0 Å². The van der Waals surface area contributed by atoms with Crippen LogP contribution in [0.4, 0.5) is 0 Å². The molecule has 2 nitrogen and oxygen atoms in total. The zero-order valence-electron chi connectivity index (χ0n) is 9.49. The lowest BCUT2D eigenvalue weighted by Crippen LogP contribution is -1.90. The van der Waals surface area contributed by atoms with Gasteiger partial charge in [-0.1, -0.05) is 6.42 Å². The minimum absolute atomic E-state index is 0.328. The van der Waals surface area contributed by atoms with Crippen LogP contribution in [0.5, 0.6) is 0 Å². The zero-order valence-corrected chi connectivity index (χ0v) is 11.1. The molecule has 0 rings (SSSR count). The number of hydrogen-bond donors (Lipinski definition) is 2. The summed E-state index contributed by atoms with van der Waals surface area (Å²) in [6.45, 7) is 0.656. The summed E-state index contributed by atoms with van der Waals surface area (Å²) < 4.78 is 0. The first-order chi connectivity index (χ1) is 7.41. The fourth-order valence-electron chi connectivity index (χ4n) is 1.12. The van der Waals surface area contributed by atoms with E-state index in [-0.39, 0.29) is 0 Å². The van der Waals surface area contributed by atoms with Crippen LogP contribution < -0.4 is 0 Å². The van der Waals surface area contributed by atoms with E-state index in [2.05, 4.69) is 0 Å². The average molecular weight is 252 g/mol. The summed E-state index contributed by atoms with van der Waals surface area (Å²) in [5.74, 6) is 4.67. The predicted octanol–water partition coefficient (Wildman–Crippen LogP) is 2.39. The maximum Gasteiger partial charge on any atom is 0.0438 e. The van der Waals surface area contributed by atoms with E-state index in [4.69, 9.17) is 10.2 Å². The number of rotatable bonds is 12. The summed E-state index contributed by atoms with van der Waals surface area (Å²) >= 11 is 3.90. The van der Waals surface area contributed by atoms with Crippen LogP contribution in [-0.2, 0) is 0 Å². The Hall–Kier alpha value is 0.620. The molecule has 0 aliphatic rings. The van der Waals surface area contributed by atoms with Gasteiger partial charge in [-0.25, -0.2) is 0 Å². The summed E-state index contributed by atoms with van der Waals surface area (Å²) in [5, 5.41) is 17.2. The van der Waals surface area contributed by atoms with Crippen molar-refractivity contribution in [2.45, 2.75) is 32.1 Å². The third-order valence-electron chi connectivity index (χ3n) is 1.97. The average Bonchev–Trinajstić information content (AvgIpc) is 2.26. The molecular weight excluding hydrogens is 228 g/mol.